The summed E-state index contributed by atoms with van der Waals surface area (Å²) in [5, 5.41) is 0. The van der Waals surface area contributed by atoms with Crippen LogP contribution in [-0.4, -0.2) is 48.9 Å². The molecule has 0 spiro atoms. The van der Waals surface area contributed by atoms with Crippen molar-refractivity contribution in [2.24, 2.45) is 20.0 Å². The van der Waals surface area contributed by atoms with Gasteiger partial charge in [-0.05, 0) is 26.2 Å². The first-order valence-electron chi connectivity index (χ1n) is 9.72. The SMILES string of the molecule is CC(C)CCn1c(CN2CC(C)OC(C)C2)nc2c1c(=O)n(C)c(=O)n2C. The number of hydrogen-bond acceptors (Lipinski definition) is 5. The van der Waals surface area contributed by atoms with E-state index in [9.17, 15) is 9.59 Å². The Bertz CT molecular complexity index is 929. The number of nitrogens with zero attached hydrogens (tertiary/aromatic N) is 5. The molecule has 0 bridgehead atoms. The Morgan fingerprint density at radius 1 is 1.11 bits per heavy atom. The summed E-state index contributed by atoms with van der Waals surface area (Å²) in [6, 6.07) is 0. The summed E-state index contributed by atoms with van der Waals surface area (Å²) in [7, 11) is 3.20. The van der Waals surface area contributed by atoms with E-state index in [2.05, 4.69) is 32.6 Å². The summed E-state index contributed by atoms with van der Waals surface area (Å²) in [6.45, 7) is 11.5. The fourth-order valence-electron chi connectivity index (χ4n) is 3.85. The van der Waals surface area contributed by atoms with E-state index >= 15 is 0 Å². The van der Waals surface area contributed by atoms with Gasteiger partial charge < -0.3 is 9.30 Å². The first kappa shape index (κ1) is 19.8. The summed E-state index contributed by atoms with van der Waals surface area (Å²) in [4.78, 5) is 32.2. The topological polar surface area (TPSA) is 74.3 Å². The minimum Gasteiger partial charge on any atom is -0.373 e. The van der Waals surface area contributed by atoms with Gasteiger partial charge in [-0.3, -0.25) is 18.8 Å². The highest BCUT2D eigenvalue weighted by Crippen LogP contribution is 2.18. The molecule has 0 N–H and O–H groups in total. The van der Waals surface area contributed by atoms with Gasteiger partial charge in [0.1, 0.15) is 5.82 Å². The maximum atomic E-state index is 12.8. The van der Waals surface area contributed by atoms with Crippen LogP contribution in [-0.2, 0) is 31.9 Å². The van der Waals surface area contributed by atoms with Crippen LogP contribution in [0, 0.1) is 5.92 Å². The molecule has 0 amide bonds. The lowest BCUT2D eigenvalue weighted by Gasteiger charge is -2.35. The van der Waals surface area contributed by atoms with Crippen molar-refractivity contribution in [2.75, 3.05) is 13.1 Å². The predicted molar refractivity (Wildman–Crippen MR) is 105 cm³/mol. The van der Waals surface area contributed by atoms with Crippen LogP contribution in [0.5, 0.6) is 0 Å². The van der Waals surface area contributed by atoms with Crippen molar-refractivity contribution in [1.82, 2.24) is 23.6 Å². The summed E-state index contributed by atoms with van der Waals surface area (Å²) in [5.41, 5.74) is 0.362. The van der Waals surface area contributed by atoms with E-state index in [4.69, 9.17) is 9.72 Å². The zero-order valence-corrected chi connectivity index (χ0v) is 17.2. The van der Waals surface area contributed by atoms with Gasteiger partial charge in [-0.2, -0.15) is 0 Å². The number of aromatic nitrogens is 4. The highest BCUT2D eigenvalue weighted by molar-refractivity contribution is 5.71. The molecule has 2 aromatic rings. The van der Waals surface area contributed by atoms with Crippen molar-refractivity contribution in [1.29, 1.82) is 0 Å². The minimum absolute atomic E-state index is 0.166. The van der Waals surface area contributed by atoms with Gasteiger partial charge >= 0.3 is 5.69 Å². The van der Waals surface area contributed by atoms with Gasteiger partial charge in [0.05, 0.1) is 18.8 Å². The van der Waals surface area contributed by atoms with Crippen molar-refractivity contribution < 1.29 is 4.74 Å². The van der Waals surface area contributed by atoms with Crippen LogP contribution in [0.4, 0.5) is 0 Å². The number of aryl methyl sites for hydroxylation is 2. The first-order chi connectivity index (χ1) is 12.7. The summed E-state index contributed by atoms with van der Waals surface area (Å²) in [6.07, 6.45) is 1.28. The quantitative estimate of drug-likeness (QED) is 0.780. The van der Waals surface area contributed by atoms with Gasteiger partial charge in [0, 0.05) is 33.7 Å². The van der Waals surface area contributed by atoms with Gasteiger partial charge in [-0.15, -0.1) is 0 Å². The molecule has 1 aliphatic rings. The van der Waals surface area contributed by atoms with E-state index in [0.717, 1.165) is 25.3 Å². The molecular formula is C19H31N5O3. The van der Waals surface area contributed by atoms with E-state index < -0.39 is 0 Å². The predicted octanol–water partition coefficient (Wildman–Crippen LogP) is 1.09. The fourth-order valence-corrected chi connectivity index (χ4v) is 3.85. The lowest BCUT2D eigenvalue weighted by Crippen LogP contribution is -2.45. The van der Waals surface area contributed by atoms with Crippen molar-refractivity contribution in [2.45, 2.75) is 59.4 Å². The smallest absolute Gasteiger partial charge is 0.332 e. The second-order valence-corrected chi connectivity index (χ2v) is 8.19. The third kappa shape index (κ3) is 3.87. The molecule has 0 radical (unpaired) electrons. The Labute approximate surface area is 159 Å². The number of fused-ring (bicyclic) bond motifs is 1. The summed E-state index contributed by atoms with van der Waals surface area (Å²) in [5.74, 6) is 1.35. The zero-order valence-electron chi connectivity index (χ0n) is 17.2. The second kappa shape index (κ2) is 7.59. The number of hydrogen-bond donors (Lipinski definition) is 0. The van der Waals surface area contributed by atoms with Gasteiger partial charge in [-0.1, -0.05) is 13.8 Å². The lowest BCUT2D eigenvalue weighted by atomic mass is 10.1. The number of morpholine rings is 1. The van der Waals surface area contributed by atoms with Crippen LogP contribution < -0.4 is 11.2 Å². The molecule has 2 atom stereocenters. The first-order valence-corrected chi connectivity index (χ1v) is 9.72. The third-order valence-electron chi connectivity index (χ3n) is 5.22. The Kier molecular flexibility index (Phi) is 5.58. The Hall–Kier alpha value is -1.93. The summed E-state index contributed by atoms with van der Waals surface area (Å²) >= 11 is 0. The molecule has 3 heterocycles. The van der Waals surface area contributed by atoms with Crippen molar-refractivity contribution in [3.63, 3.8) is 0 Å². The molecule has 2 aromatic heterocycles. The molecule has 0 aliphatic carbocycles. The molecule has 2 unspecified atom stereocenters. The van der Waals surface area contributed by atoms with Crippen molar-refractivity contribution >= 4 is 11.2 Å². The van der Waals surface area contributed by atoms with E-state index in [1.807, 2.05) is 4.57 Å². The van der Waals surface area contributed by atoms with Crippen molar-refractivity contribution in [3.8, 4) is 0 Å². The monoisotopic (exact) mass is 377 g/mol. The van der Waals surface area contributed by atoms with Gasteiger partial charge in [0.15, 0.2) is 11.2 Å². The van der Waals surface area contributed by atoms with Crippen LogP contribution in [0.2, 0.25) is 0 Å². The largest absolute Gasteiger partial charge is 0.373 e. The molecule has 0 aromatic carbocycles. The number of imidazole rings is 1. The number of ether oxygens (including phenoxy) is 1. The second-order valence-electron chi connectivity index (χ2n) is 8.19. The highest BCUT2D eigenvalue weighted by atomic mass is 16.5. The van der Waals surface area contributed by atoms with E-state index in [-0.39, 0.29) is 23.5 Å². The minimum atomic E-state index is -0.346. The Morgan fingerprint density at radius 2 is 1.74 bits per heavy atom. The standard InChI is InChI=1S/C19H31N5O3/c1-12(2)7-8-24-15(11-23-9-13(3)27-14(4)10-23)20-17-16(24)18(25)22(6)19(26)21(17)5/h12-14H,7-11H2,1-6H3. The van der Waals surface area contributed by atoms with E-state index in [1.165, 1.54) is 16.2 Å². The van der Waals surface area contributed by atoms with Crippen LogP contribution in [0.25, 0.3) is 11.2 Å². The highest BCUT2D eigenvalue weighted by Gasteiger charge is 2.25. The third-order valence-corrected chi connectivity index (χ3v) is 5.22. The average Bonchev–Trinajstić information content (AvgIpc) is 2.93. The summed E-state index contributed by atoms with van der Waals surface area (Å²) < 4.78 is 10.5. The fraction of sp³-hybridized carbons (Fsp3) is 0.737. The lowest BCUT2D eigenvalue weighted by molar-refractivity contribution is -0.0712. The average molecular weight is 377 g/mol. The maximum absolute atomic E-state index is 12.8. The molecule has 150 valence electrons. The van der Waals surface area contributed by atoms with E-state index in [1.54, 1.807) is 7.05 Å². The maximum Gasteiger partial charge on any atom is 0.332 e. The molecule has 1 aliphatic heterocycles. The van der Waals surface area contributed by atoms with Gasteiger partial charge in [0.2, 0.25) is 0 Å². The number of rotatable bonds is 5. The molecule has 1 saturated heterocycles. The van der Waals surface area contributed by atoms with Gasteiger partial charge in [-0.25, -0.2) is 9.78 Å². The molecule has 8 heteroatoms. The van der Waals surface area contributed by atoms with Crippen LogP contribution >= 0.6 is 0 Å². The van der Waals surface area contributed by atoms with Crippen LogP contribution in [0.1, 0.15) is 39.9 Å². The molecule has 1 fully saturated rings. The van der Waals surface area contributed by atoms with E-state index in [0.29, 0.717) is 30.2 Å². The normalized spacial score (nSPS) is 21.4. The molecule has 8 nitrogen and oxygen atoms in total. The Balaban J connectivity index is 2.09. The molecule has 0 saturated carbocycles. The van der Waals surface area contributed by atoms with Crippen LogP contribution in [0.3, 0.4) is 0 Å². The molecule has 3 rings (SSSR count). The Morgan fingerprint density at radius 3 is 2.33 bits per heavy atom. The molecular weight excluding hydrogens is 346 g/mol. The van der Waals surface area contributed by atoms with Gasteiger partial charge in [0.25, 0.3) is 5.56 Å². The molecule has 27 heavy (non-hydrogen) atoms. The van der Waals surface area contributed by atoms with Crippen LogP contribution in [0.15, 0.2) is 9.59 Å². The van der Waals surface area contributed by atoms with Crippen molar-refractivity contribution in [3.05, 3.63) is 26.7 Å². The zero-order chi connectivity index (χ0) is 19.9.